The van der Waals surface area contributed by atoms with Crippen LogP contribution in [0.15, 0.2) is 48.5 Å². The molecule has 1 fully saturated rings. The Balaban J connectivity index is 1.88. The lowest BCUT2D eigenvalue weighted by atomic mass is 9.98. The molecule has 1 aliphatic heterocycles. The average molecular weight is 615 g/mol. The zero-order valence-corrected chi connectivity index (χ0v) is 23.5. The monoisotopic (exact) mass is 614 g/mol. The molecule has 0 saturated carbocycles. The molecule has 228 valence electrons. The topological polar surface area (TPSA) is 122 Å². The van der Waals surface area contributed by atoms with Crippen molar-refractivity contribution in [3.63, 3.8) is 0 Å². The number of hydrogen-bond donors (Lipinski definition) is 2. The van der Waals surface area contributed by atoms with Gasteiger partial charge in [0.15, 0.2) is 6.10 Å². The average Bonchev–Trinajstić information content (AvgIpc) is 2.95. The van der Waals surface area contributed by atoms with Crippen LogP contribution in [0.1, 0.15) is 24.0 Å². The maximum Gasteiger partial charge on any atom is 0.490 e. The van der Waals surface area contributed by atoms with Crippen LogP contribution in [0.4, 0.5) is 17.6 Å². The third kappa shape index (κ3) is 9.15. The fourth-order valence-corrected chi connectivity index (χ4v) is 4.93. The van der Waals surface area contributed by atoms with Gasteiger partial charge in [0.25, 0.3) is 5.91 Å². The molecule has 14 heteroatoms. The van der Waals surface area contributed by atoms with Crippen molar-refractivity contribution in [2.45, 2.75) is 50.0 Å². The lowest BCUT2D eigenvalue weighted by molar-refractivity contribution is -0.206. The molecule has 2 aromatic rings. The van der Waals surface area contributed by atoms with E-state index < -0.39 is 54.4 Å². The number of likely N-dealkylation sites (N-methyl/N-ethyl adjacent to an activating group) is 1. The van der Waals surface area contributed by atoms with Gasteiger partial charge in [-0.15, -0.1) is 0 Å². The highest BCUT2D eigenvalue weighted by Crippen LogP contribution is 2.24. The molecule has 1 heterocycles. The predicted octanol–water partition coefficient (Wildman–Crippen LogP) is 2.63. The number of carbonyl (C=O) groups excluding carboxylic acids is 4. The van der Waals surface area contributed by atoms with Gasteiger partial charge in [-0.25, -0.2) is 9.18 Å². The van der Waals surface area contributed by atoms with Crippen molar-refractivity contribution < 1.29 is 41.5 Å². The van der Waals surface area contributed by atoms with Gasteiger partial charge in [-0.05, 0) is 48.2 Å². The molecule has 3 amide bonds. The van der Waals surface area contributed by atoms with Gasteiger partial charge in [0.05, 0.1) is 6.04 Å². The Morgan fingerprint density at radius 3 is 2.19 bits per heavy atom. The molecule has 3 rings (SSSR count). The van der Waals surface area contributed by atoms with E-state index >= 15 is 0 Å². The van der Waals surface area contributed by atoms with E-state index in [0.717, 1.165) is 17.7 Å². The van der Waals surface area contributed by atoms with Crippen LogP contribution in [0.25, 0.3) is 0 Å². The van der Waals surface area contributed by atoms with E-state index in [4.69, 9.17) is 17.3 Å². The van der Waals surface area contributed by atoms with Crippen molar-refractivity contribution in [2.24, 2.45) is 5.73 Å². The van der Waals surface area contributed by atoms with Gasteiger partial charge in [0, 0.05) is 50.6 Å². The summed E-state index contributed by atoms with van der Waals surface area (Å²) in [6.45, 7) is 0.196. The number of esters is 1. The van der Waals surface area contributed by atoms with Gasteiger partial charge >= 0.3 is 12.1 Å². The first-order chi connectivity index (χ1) is 19.8. The largest absolute Gasteiger partial charge is 0.490 e. The molecule has 0 aliphatic carbocycles. The minimum atomic E-state index is -5.35. The molecule has 0 radical (unpaired) electrons. The molecule has 3 unspecified atom stereocenters. The second-order valence-electron chi connectivity index (χ2n) is 9.87. The molecule has 0 spiro atoms. The first kappa shape index (κ1) is 32.8. The quantitative estimate of drug-likeness (QED) is 0.297. The summed E-state index contributed by atoms with van der Waals surface area (Å²) in [7, 11) is 1.48. The summed E-state index contributed by atoms with van der Waals surface area (Å²) in [5.41, 5.74) is 6.42. The highest BCUT2D eigenvalue weighted by atomic mass is 35.5. The number of amides is 3. The highest BCUT2D eigenvalue weighted by Gasteiger charge is 2.45. The van der Waals surface area contributed by atoms with Crippen molar-refractivity contribution in [1.29, 1.82) is 0 Å². The van der Waals surface area contributed by atoms with Crippen molar-refractivity contribution in [3.05, 3.63) is 70.5 Å². The summed E-state index contributed by atoms with van der Waals surface area (Å²) in [6, 6.07) is 10.2. The van der Waals surface area contributed by atoms with Gasteiger partial charge in [-0.1, -0.05) is 35.9 Å². The van der Waals surface area contributed by atoms with Crippen LogP contribution < -0.4 is 11.1 Å². The molecule has 1 aliphatic rings. The number of primary amides is 1. The van der Waals surface area contributed by atoms with Crippen molar-refractivity contribution in [2.75, 3.05) is 26.7 Å². The molecular weight excluding hydrogens is 584 g/mol. The summed E-state index contributed by atoms with van der Waals surface area (Å²) >= 11 is 5.98. The van der Waals surface area contributed by atoms with Crippen LogP contribution in [-0.2, 0) is 36.8 Å². The van der Waals surface area contributed by atoms with E-state index in [9.17, 15) is 36.7 Å². The second-order valence-corrected chi connectivity index (χ2v) is 10.3. The normalized spacial score (nSPS) is 17.3. The van der Waals surface area contributed by atoms with Crippen LogP contribution in [0, 0.1) is 5.82 Å². The minimum Gasteiger partial charge on any atom is -0.445 e. The van der Waals surface area contributed by atoms with Gasteiger partial charge in [-0.2, -0.15) is 13.2 Å². The van der Waals surface area contributed by atoms with Crippen molar-refractivity contribution in [1.82, 2.24) is 15.1 Å². The van der Waals surface area contributed by atoms with Crippen LogP contribution in [0.3, 0.4) is 0 Å². The van der Waals surface area contributed by atoms with Gasteiger partial charge in [0.1, 0.15) is 5.82 Å². The van der Waals surface area contributed by atoms with Crippen LogP contribution in [0.2, 0.25) is 5.02 Å². The number of alkyl halides is 3. The van der Waals surface area contributed by atoms with Gasteiger partial charge in [0.2, 0.25) is 11.8 Å². The lowest BCUT2D eigenvalue weighted by Gasteiger charge is -2.45. The van der Waals surface area contributed by atoms with E-state index in [0.29, 0.717) is 11.4 Å². The lowest BCUT2D eigenvalue weighted by Crippen LogP contribution is -2.62. The van der Waals surface area contributed by atoms with E-state index in [1.807, 2.05) is 4.90 Å². The zero-order valence-electron chi connectivity index (χ0n) is 22.7. The van der Waals surface area contributed by atoms with E-state index in [2.05, 4.69) is 10.1 Å². The number of nitrogens with two attached hydrogens (primary N) is 1. The standard InChI is InChI=1S/C28H31ClF4N4O5/c1-35-25(39)22(14-17-2-6-19(29)7-3-17)36-12-13-37(21(16-36)10-11-24(34)38)26(40)23(42-27(41)28(31,32)33)15-18-4-8-20(30)9-5-18/h2-9,21-23H,10-16H2,1H3,(H2,34,38)(H,35,39). The zero-order chi connectivity index (χ0) is 31.0. The van der Waals surface area contributed by atoms with Crippen molar-refractivity contribution in [3.8, 4) is 0 Å². The van der Waals surface area contributed by atoms with E-state index in [1.54, 1.807) is 24.3 Å². The number of benzene rings is 2. The molecular formula is C28H31ClF4N4O5. The molecule has 1 saturated heterocycles. The Hall–Kier alpha value is -3.71. The molecule has 2 aromatic carbocycles. The number of nitrogens with zero attached hydrogens (tertiary/aromatic N) is 2. The Labute approximate surface area is 244 Å². The number of nitrogens with one attached hydrogen (secondary N) is 1. The third-order valence-corrected chi connectivity index (χ3v) is 7.20. The van der Waals surface area contributed by atoms with Gasteiger partial charge in [-0.3, -0.25) is 19.3 Å². The van der Waals surface area contributed by atoms with Crippen LogP contribution in [0.5, 0.6) is 0 Å². The summed E-state index contributed by atoms with van der Waals surface area (Å²) in [5, 5.41) is 3.15. The van der Waals surface area contributed by atoms with Crippen LogP contribution >= 0.6 is 11.6 Å². The molecule has 9 nitrogen and oxygen atoms in total. The Morgan fingerprint density at radius 1 is 1.02 bits per heavy atom. The third-order valence-electron chi connectivity index (χ3n) is 6.94. The number of hydrogen-bond acceptors (Lipinski definition) is 6. The number of halogens is 5. The first-order valence-electron chi connectivity index (χ1n) is 13.1. The Kier molecular flexibility index (Phi) is 11.3. The first-order valence-corrected chi connectivity index (χ1v) is 13.5. The molecule has 0 aromatic heterocycles. The SMILES string of the molecule is CNC(=O)C(Cc1ccc(Cl)cc1)N1CCN(C(=O)C(Cc2ccc(F)cc2)OC(=O)C(F)(F)F)C(CCC(N)=O)C1. The fraction of sp³-hybridized carbons (Fsp3) is 0.429. The second kappa shape index (κ2) is 14.5. The Morgan fingerprint density at radius 2 is 1.62 bits per heavy atom. The summed E-state index contributed by atoms with van der Waals surface area (Å²) in [6.07, 6.45) is -7.47. The maximum absolute atomic E-state index is 13.7. The molecule has 3 atom stereocenters. The summed E-state index contributed by atoms with van der Waals surface area (Å²) in [4.78, 5) is 53.0. The number of carbonyl (C=O) groups is 4. The fourth-order valence-electron chi connectivity index (χ4n) is 4.80. The van der Waals surface area contributed by atoms with Crippen molar-refractivity contribution >= 4 is 35.3 Å². The minimum absolute atomic E-state index is 0.0418. The van der Waals surface area contributed by atoms with Gasteiger partial charge < -0.3 is 20.7 Å². The summed E-state index contributed by atoms with van der Waals surface area (Å²) < 4.78 is 57.3. The smallest absolute Gasteiger partial charge is 0.445 e. The highest BCUT2D eigenvalue weighted by molar-refractivity contribution is 6.30. The number of ether oxygens (including phenoxy) is 1. The molecule has 0 bridgehead atoms. The van der Waals surface area contributed by atoms with E-state index in [-0.39, 0.29) is 43.9 Å². The summed E-state index contributed by atoms with van der Waals surface area (Å²) in [5.74, 6) is -5.01. The predicted molar refractivity (Wildman–Crippen MR) is 145 cm³/mol. The molecule has 3 N–H and O–H groups in total. The Bertz CT molecular complexity index is 1260. The number of piperazine rings is 1. The maximum atomic E-state index is 13.7. The van der Waals surface area contributed by atoms with E-state index in [1.165, 1.54) is 24.1 Å². The molecule has 42 heavy (non-hydrogen) atoms. The van der Waals surface area contributed by atoms with Crippen LogP contribution in [-0.4, -0.2) is 84.5 Å². The number of rotatable bonds is 11.